The Morgan fingerprint density at radius 2 is 1.93 bits per heavy atom. The summed E-state index contributed by atoms with van der Waals surface area (Å²) in [5.74, 6) is -0.271. The van der Waals surface area contributed by atoms with Crippen LogP contribution in [-0.2, 0) is 16.0 Å². The van der Waals surface area contributed by atoms with Crippen molar-refractivity contribution < 1.29 is 14.3 Å². The van der Waals surface area contributed by atoms with Gasteiger partial charge in [0.1, 0.15) is 0 Å². The van der Waals surface area contributed by atoms with Crippen LogP contribution in [0.5, 0.6) is 0 Å². The molecule has 2 aromatic rings. The Kier molecular flexibility index (Phi) is 7.99. The third-order valence-corrected chi connectivity index (χ3v) is 5.51. The first-order valence-corrected chi connectivity index (χ1v) is 10.8. The van der Waals surface area contributed by atoms with E-state index < -0.39 is 0 Å². The van der Waals surface area contributed by atoms with E-state index in [-0.39, 0.29) is 18.2 Å². The van der Waals surface area contributed by atoms with Crippen LogP contribution in [0.3, 0.4) is 0 Å². The molecule has 1 aliphatic carbocycles. The Labute approximate surface area is 169 Å². The van der Waals surface area contributed by atoms with Gasteiger partial charge in [0.05, 0.1) is 18.2 Å². The lowest BCUT2D eigenvalue weighted by Gasteiger charge is -2.21. The van der Waals surface area contributed by atoms with Crippen LogP contribution in [-0.4, -0.2) is 36.1 Å². The highest BCUT2D eigenvalue weighted by molar-refractivity contribution is 7.14. The minimum Gasteiger partial charge on any atom is -0.378 e. The molecule has 28 heavy (non-hydrogen) atoms. The predicted molar refractivity (Wildman–Crippen MR) is 111 cm³/mol. The molecular formula is C21H27N3O3S. The number of thiazole rings is 1. The van der Waals surface area contributed by atoms with Gasteiger partial charge < -0.3 is 10.1 Å². The average molecular weight is 402 g/mol. The number of nitrogens with zero attached hydrogens (tertiary/aromatic N) is 1. The van der Waals surface area contributed by atoms with Crippen molar-refractivity contribution in [1.29, 1.82) is 0 Å². The molecule has 2 amide bonds. The van der Waals surface area contributed by atoms with Crippen molar-refractivity contribution in [3.05, 3.63) is 47.0 Å². The largest absolute Gasteiger partial charge is 0.378 e. The molecule has 1 heterocycles. The third-order valence-electron chi connectivity index (χ3n) is 4.70. The molecule has 1 aromatic heterocycles. The van der Waals surface area contributed by atoms with Crippen LogP contribution in [0.15, 0.2) is 35.7 Å². The molecule has 6 nitrogen and oxygen atoms in total. The van der Waals surface area contributed by atoms with E-state index in [4.69, 9.17) is 4.74 Å². The van der Waals surface area contributed by atoms with Gasteiger partial charge in [0.25, 0.3) is 5.91 Å². The van der Waals surface area contributed by atoms with E-state index in [9.17, 15) is 9.59 Å². The minimum absolute atomic E-state index is 0.0658. The molecule has 0 saturated heterocycles. The van der Waals surface area contributed by atoms with Gasteiger partial charge in [-0.3, -0.25) is 14.9 Å². The molecule has 0 bridgehead atoms. The van der Waals surface area contributed by atoms with Crippen LogP contribution in [0, 0.1) is 0 Å². The normalized spacial score (nSPS) is 14.6. The first-order chi connectivity index (χ1) is 13.7. The number of anilines is 1. The van der Waals surface area contributed by atoms with Gasteiger partial charge in [0, 0.05) is 24.1 Å². The summed E-state index contributed by atoms with van der Waals surface area (Å²) in [5.41, 5.74) is 1.23. The quantitative estimate of drug-likeness (QED) is 0.627. The number of rotatable bonds is 9. The molecule has 0 unspecified atom stereocenters. The highest BCUT2D eigenvalue weighted by Gasteiger charge is 2.13. The SMILES string of the molecule is O=C(Cc1csc(NC(=O)c2ccccc2)n1)NCCCOC1CCCCC1. The number of amides is 2. The number of carbonyl (C=O) groups excluding carboxylic acids is 2. The fourth-order valence-corrected chi connectivity index (χ4v) is 3.92. The van der Waals surface area contributed by atoms with E-state index in [1.54, 1.807) is 17.5 Å². The maximum Gasteiger partial charge on any atom is 0.257 e. The average Bonchev–Trinajstić information content (AvgIpc) is 3.15. The van der Waals surface area contributed by atoms with Crippen molar-refractivity contribution in [2.24, 2.45) is 0 Å². The van der Waals surface area contributed by atoms with Gasteiger partial charge in [-0.2, -0.15) is 0 Å². The van der Waals surface area contributed by atoms with Gasteiger partial charge in [-0.15, -0.1) is 11.3 Å². The van der Waals surface area contributed by atoms with Crippen LogP contribution in [0.1, 0.15) is 54.6 Å². The summed E-state index contributed by atoms with van der Waals surface area (Å²) >= 11 is 1.32. The number of carbonyl (C=O) groups is 2. The van der Waals surface area contributed by atoms with E-state index in [0.717, 1.165) is 6.42 Å². The Morgan fingerprint density at radius 1 is 1.14 bits per heavy atom. The number of aromatic nitrogens is 1. The molecule has 1 saturated carbocycles. The number of hydrogen-bond acceptors (Lipinski definition) is 5. The van der Waals surface area contributed by atoms with Crippen molar-refractivity contribution in [2.45, 2.75) is 51.0 Å². The molecule has 2 N–H and O–H groups in total. The van der Waals surface area contributed by atoms with Gasteiger partial charge >= 0.3 is 0 Å². The first-order valence-electron chi connectivity index (χ1n) is 9.90. The topological polar surface area (TPSA) is 80.3 Å². The minimum atomic E-state index is -0.205. The maximum absolute atomic E-state index is 12.1. The standard InChI is InChI=1S/C21H27N3O3S/c25-19(22-12-7-13-27-18-10-5-2-6-11-18)14-17-15-28-21(23-17)24-20(26)16-8-3-1-4-9-16/h1,3-4,8-9,15,18H,2,5-7,10-14H2,(H,22,25)(H,23,24,26). The maximum atomic E-state index is 12.1. The summed E-state index contributed by atoms with van der Waals surface area (Å²) < 4.78 is 5.86. The van der Waals surface area contributed by atoms with Crippen LogP contribution in [0.2, 0.25) is 0 Å². The zero-order chi connectivity index (χ0) is 19.6. The van der Waals surface area contributed by atoms with Crippen molar-refractivity contribution in [3.8, 4) is 0 Å². The smallest absolute Gasteiger partial charge is 0.257 e. The monoisotopic (exact) mass is 401 g/mol. The molecule has 150 valence electrons. The van der Waals surface area contributed by atoms with Crippen molar-refractivity contribution >= 4 is 28.3 Å². The van der Waals surface area contributed by atoms with Gasteiger partial charge in [-0.1, -0.05) is 37.5 Å². The third kappa shape index (κ3) is 6.73. The summed E-state index contributed by atoms with van der Waals surface area (Å²) in [6.07, 6.45) is 7.62. The van der Waals surface area contributed by atoms with E-state index in [2.05, 4.69) is 15.6 Å². The number of nitrogens with one attached hydrogen (secondary N) is 2. The Balaban J connectivity index is 1.33. The van der Waals surface area contributed by atoms with Crippen LogP contribution in [0.25, 0.3) is 0 Å². The number of hydrogen-bond donors (Lipinski definition) is 2. The van der Waals surface area contributed by atoms with Crippen LogP contribution < -0.4 is 10.6 Å². The molecular weight excluding hydrogens is 374 g/mol. The Hall–Kier alpha value is -2.25. The van der Waals surface area contributed by atoms with E-state index in [0.29, 0.717) is 35.6 Å². The molecule has 0 aliphatic heterocycles. The summed E-state index contributed by atoms with van der Waals surface area (Å²) in [7, 11) is 0. The molecule has 0 atom stereocenters. The Morgan fingerprint density at radius 3 is 2.71 bits per heavy atom. The van der Waals surface area contributed by atoms with Gasteiger partial charge in [-0.05, 0) is 31.4 Å². The summed E-state index contributed by atoms with van der Waals surface area (Å²) in [5, 5.41) is 7.96. The van der Waals surface area contributed by atoms with E-state index >= 15 is 0 Å². The Bertz CT molecular complexity index is 757. The summed E-state index contributed by atoms with van der Waals surface area (Å²) in [6.45, 7) is 1.30. The fourth-order valence-electron chi connectivity index (χ4n) is 3.21. The van der Waals surface area contributed by atoms with Gasteiger partial charge in [0.15, 0.2) is 5.13 Å². The van der Waals surface area contributed by atoms with Crippen molar-refractivity contribution in [1.82, 2.24) is 10.3 Å². The lowest BCUT2D eigenvalue weighted by atomic mass is 9.98. The summed E-state index contributed by atoms with van der Waals surface area (Å²) in [4.78, 5) is 28.5. The molecule has 3 rings (SSSR count). The highest BCUT2D eigenvalue weighted by atomic mass is 32.1. The molecule has 1 aliphatic rings. The zero-order valence-corrected chi connectivity index (χ0v) is 16.8. The first kappa shape index (κ1) is 20.5. The van der Waals surface area contributed by atoms with Gasteiger partial charge in [0.2, 0.25) is 5.91 Å². The molecule has 0 radical (unpaired) electrons. The predicted octanol–water partition coefficient (Wildman–Crippen LogP) is 3.79. The van der Waals surface area contributed by atoms with E-state index in [1.165, 1.54) is 43.4 Å². The fraction of sp³-hybridized carbons (Fsp3) is 0.476. The second kappa shape index (κ2) is 10.9. The van der Waals surface area contributed by atoms with E-state index in [1.807, 2.05) is 18.2 Å². The molecule has 0 spiro atoms. The van der Waals surface area contributed by atoms with Crippen LogP contribution in [0.4, 0.5) is 5.13 Å². The summed E-state index contributed by atoms with van der Waals surface area (Å²) in [6, 6.07) is 8.98. The van der Waals surface area contributed by atoms with Crippen molar-refractivity contribution in [3.63, 3.8) is 0 Å². The lowest BCUT2D eigenvalue weighted by molar-refractivity contribution is -0.120. The van der Waals surface area contributed by atoms with Gasteiger partial charge in [-0.25, -0.2) is 4.98 Å². The second-order valence-electron chi connectivity index (χ2n) is 6.98. The number of benzene rings is 1. The molecule has 1 fully saturated rings. The zero-order valence-electron chi connectivity index (χ0n) is 16.0. The molecule has 1 aromatic carbocycles. The van der Waals surface area contributed by atoms with Crippen LogP contribution >= 0.6 is 11.3 Å². The number of ether oxygens (including phenoxy) is 1. The second-order valence-corrected chi connectivity index (χ2v) is 7.83. The molecule has 7 heteroatoms. The lowest BCUT2D eigenvalue weighted by Crippen LogP contribution is -2.27. The highest BCUT2D eigenvalue weighted by Crippen LogP contribution is 2.20. The van der Waals surface area contributed by atoms with Crippen molar-refractivity contribution in [2.75, 3.05) is 18.5 Å².